The molecule has 0 spiro atoms. The number of nitrogens with two attached hydrogens (primary N) is 1. The number of aromatic nitrogens is 5. The lowest BCUT2D eigenvalue weighted by Crippen LogP contribution is -2.21. The SMILES string of the molecule is NCC(Cc1n[nH]c(=O)n1-c1cccc(-c2ccc(C(F)(F)F)nc2)n1)=C(F)F.O=C(O)C(F)(F)F. The van der Waals surface area contributed by atoms with Gasteiger partial charge in [0.25, 0.3) is 6.08 Å². The van der Waals surface area contributed by atoms with Crippen molar-refractivity contribution in [2.24, 2.45) is 5.73 Å². The van der Waals surface area contributed by atoms with Crippen molar-refractivity contribution in [2.45, 2.75) is 18.8 Å². The van der Waals surface area contributed by atoms with Gasteiger partial charge in [-0.3, -0.25) is 4.98 Å². The van der Waals surface area contributed by atoms with Crippen molar-refractivity contribution in [3.05, 3.63) is 70.2 Å². The third-order valence-corrected chi connectivity index (χ3v) is 4.18. The molecule has 0 radical (unpaired) electrons. The minimum Gasteiger partial charge on any atom is -0.475 e. The number of aromatic amines is 1. The molecule has 0 atom stereocenters. The number of nitrogens with zero attached hydrogens (tertiary/aromatic N) is 4. The summed E-state index contributed by atoms with van der Waals surface area (Å²) in [5, 5.41) is 13.0. The summed E-state index contributed by atoms with van der Waals surface area (Å²) in [6.07, 6.45) is -11.0. The predicted octanol–water partition coefficient (Wildman–Crippen LogP) is 3.32. The molecular formula is C19H14F8N6O3. The van der Waals surface area contributed by atoms with Crippen LogP contribution >= 0.6 is 0 Å². The molecule has 3 aromatic rings. The van der Waals surface area contributed by atoms with Gasteiger partial charge in [-0.15, -0.1) is 0 Å². The molecular weight excluding hydrogens is 512 g/mol. The zero-order valence-corrected chi connectivity index (χ0v) is 17.5. The lowest BCUT2D eigenvalue weighted by molar-refractivity contribution is -0.192. The molecule has 0 aliphatic heterocycles. The number of carbonyl (C=O) groups is 1. The van der Waals surface area contributed by atoms with E-state index in [0.717, 1.165) is 16.8 Å². The van der Waals surface area contributed by atoms with Crippen molar-refractivity contribution < 1.29 is 45.0 Å². The quantitative estimate of drug-likeness (QED) is 0.434. The number of carboxylic acids is 1. The van der Waals surface area contributed by atoms with Gasteiger partial charge >= 0.3 is 24.0 Å². The van der Waals surface area contributed by atoms with Crippen LogP contribution in [0, 0.1) is 0 Å². The average molecular weight is 526 g/mol. The van der Waals surface area contributed by atoms with Crippen molar-refractivity contribution in [2.75, 3.05) is 6.54 Å². The Bertz CT molecular complexity index is 1290. The van der Waals surface area contributed by atoms with E-state index in [-0.39, 0.29) is 29.3 Å². The summed E-state index contributed by atoms with van der Waals surface area (Å²) in [7, 11) is 0. The van der Waals surface area contributed by atoms with Crippen LogP contribution in [-0.4, -0.2) is 48.5 Å². The van der Waals surface area contributed by atoms with E-state index in [1.165, 1.54) is 24.3 Å². The van der Waals surface area contributed by atoms with Gasteiger partial charge in [-0.2, -0.15) is 40.2 Å². The first-order valence-corrected chi connectivity index (χ1v) is 9.35. The molecule has 0 aliphatic rings. The highest BCUT2D eigenvalue weighted by Crippen LogP contribution is 2.28. The maximum absolute atomic E-state index is 12.9. The third-order valence-electron chi connectivity index (χ3n) is 4.18. The lowest BCUT2D eigenvalue weighted by atomic mass is 10.1. The number of hydrogen-bond acceptors (Lipinski definition) is 6. The number of H-pyrrole nitrogens is 1. The Morgan fingerprint density at radius 2 is 1.72 bits per heavy atom. The van der Waals surface area contributed by atoms with Crippen LogP contribution in [0.15, 0.2) is 53.0 Å². The molecule has 0 amide bonds. The first-order chi connectivity index (χ1) is 16.6. The molecule has 0 saturated heterocycles. The maximum atomic E-state index is 12.9. The minimum absolute atomic E-state index is 0.0431. The fraction of sp³-hybridized carbons (Fsp3) is 0.211. The largest absolute Gasteiger partial charge is 0.490 e. The number of hydrogen-bond donors (Lipinski definition) is 3. The molecule has 0 bridgehead atoms. The molecule has 36 heavy (non-hydrogen) atoms. The van der Waals surface area contributed by atoms with E-state index in [0.29, 0.717) is 0 Å². The van der Waals surface area contributed by atoms with Crippen molar-refractivity contribution in [3.63, 3.8) is 0 Å². The van der Waals surface area contributed by atoms with Crippen LogP contribution in [0.1, 0.15) is 11.5 Å². The minimum atomic E-state index is -5.08. The first-order valence-electron chi connectivity index (χ1n) is 9.35. The van der Waals surface area contributed by atoms with Crippen LogP contribution in [0.25, 0.3) is 17.1 Å². The van der Waals surface area contributed by atoms with E-state index < -0.39 is 47.9 Å². The number of carboxylic acid groups (broad SMARTS) is 1. The highest BCUT2D eigenvalue weighted by atomic mass is 19.4. The molecule has 0 aromatic carbocycles. The molecule has 0 saturated carbocycles. The third kappa shape index (κ3) is 7.17. The predicted molar refractivity (Wildman–Crippen MR) is 106 cm³/mol. The average Bonchev–Trinajstić information content (AvgIpc) is 3.16. The highest BCUT2D eigenvalue weighted by molar-refractivity contribution is 5.73. The fourth-order valence-corrected chi connectivity index (χ4v) is 2.51. The van der Waals surface area contributed by atoms with Gasteiger partial charge in [0, 0.05) is 30.3 Å². The van der Waals surface area contributed by atoms with Crippen molar-refractivity contribution >= 4 is 5.97 Å². The summed E-state index contributed by atoms with van der Waals surface area (Å²) in [5.74, 6) is -2.75. The summed E-state index contributed by atoms with van der Waals surface area (Å²) in [4.78, 5) is 28.6. The zero-order valence-electron chi connectivity index (χ0n) is 17.5. The van der Waals surface area contributed by atoms with Gasteiger partial charge in [-0.05, 0) is 24.3 Å². The van der Waals surface area contributed by atoms with Crippen molar-refractivity contribution in [1.29, 1.82) is 0 Å². The van der Waals surface area contributed by atoms with Gasteiger partial charge in [0.2, 0.25) is 0 Å². The number of pyridine rings is 2. The first kappa shape index (κ1) is 28.1. The summed E-state index contributed by atoms with van der Waals surface area (Å²) in [5.41, 5.74) is 3.63. The molecule has 0 fully saturated rings. The Balaban J connectivity index is 0.000000572. The standard InChI is InChI=1S/C17H13F5N6O.C2HF3O2/c18-15(19)10(7-23)6-14-26-27-16(29)28(14)13-3-1-2-11(25-13)9-4-5-12(24-8-9)17(20,21)22;3-2(4,5)1(6)7/h1-5,8H,6-7,23H2,(H,27,29);(H,6,7). The van der Waals surface area contributed by atoms with Crippen LogP contribution in [0.3, 0.4) is 0 Å². The van der Waals surface area contributed by atoms with Gasteiger partial charge < -0.3 is 10.8 Å². The van der Waals surface area contributed by atoms with Crippen molar-refractivity contribution in [3.8, 4) is 17.1 Å². The number of nitrogens with one attached hydrogen (secondary N) is 1. The summed E-state index contributed by atoms with van der Waals surface area (Å²) >= 11 is 0. The van der Waals surface area contributed by atoms with Crippen LogP contribution in [0.4, 0.5) is 35.1 Å². The highest BCUT2D eigenvalue weighted by Gasteiger charge is 2.38. The lowest BCUT2D eigenvalue weighted by Gasteiger charge is -2.09. The summed E-state index contributed by atoms with van der Waals surface area (Å²) < 4.78 is 96.5. The Morgan fingerprint density at radius 3 is 2.19 bits per heavy atom. The van der Waals surface area contributed by atoms with Gasteiger partial charge in [0.15, 0.2) is 0 Å². The Labute approximate surface area is 194 Å². The fourth-order valence-electron chi connectivity index (χ4n) is 2.51. The number of alkyl halides is 6. The number of aliphatic carboxylic acids is 1. The molecule has 0 unspecified atom stereocenters. The number of halogens is 8. The van der Waals surface area contributed by atoms with Crippen LogP contribution < -0.4 is 11.4 Å². The normalized spacial score (nSPS) is 11.5. The van der Waals surface area contributed by atoms with E-state index in [1.54, 1.807) is 0 Å². The molecule has 3 aromatic heterocycles. The van der Waals surface area contributed by atoms with Crippen LogP contribution in [-0.2, 0) is 17.4 Å². The van der Waals surface area contributed by atoms with Crippen LogP contribution in [0.2, 0.25) is 0 Å². The zero-order chi connectivity index (χ0) is 27.3. The smallest absolute Gasteiger partial charge is 0.475 e. The molecule has 0 aliphatic carbocycles. The maximum Gasteiger partial charge on any atom is 0.490 e. The van der Waals surface area contributed by atoms with Gasteiger partial charge in [-0.1, -0.05) is 6.07 Å². The second-order valence-electron chi connectivity index (χ2n) is 6.64. The van der Waals surface area contributed by atoms with Crippen LogP contribution in [0.5, 0.6) is 0 Å². The van der Waals surface area contributed by atoms with Gasteiger partial charge in [0.05, 0.1) is 5.69 Å². The topological polar surface area (TPSA) is 140 Å². The number of rotatable bonds is 5. The molecule has 17 heteroatoms. The summed E-state index contributed by atoms with van der Waals surface area (Å²) in [6, 6.07) is 6.44. The van der Waals surface area contributed by atoms with Gasteiger partial charge in [0.1, 0.15) is 17.3 Å². The summed E-state index contributed by atoms with van der Waals surface area (Å²) in [6.45, 7) is -0.423. The van der Waals surface area contributed by atoms with E-state index in [1.807, 2.05) is 0 Å². The molecule has 3 rings (SSSR count). The molecule has 3 heterocycles. The second kappa shape index (κ2) is 11.1. The Hall–Kier alpha value is -4.15. The van der Waals surface area contributed by atoms with E-state index in [9.17, 15) is 39.9 Å². The Kier molecular flexibility index (Phi) is 8.63. The van der Waals surface area contributed by atoms with Crippen molar-refractivity contribution in [1.82, 2.24) is 24.7 Å². The van der Waals surface area contributed by atoms with E-state index in [4.69, 9.17) is 15.6 Å². The van der Waals surface area contributed by atoms with Gasteiger partial charge in [-0.25, -0.2) is 24.2 Å². The second-order valence-corrected chi connectivity index (χ2v) is 6.64. The molecule has 4 N–H and O–H groups in total. The van der Waals surface area contributed by atoms with E-state index in [2.05, 4.69) is 20.2 Å². The monoisotopic (exact) mass is 526 g/mol. The molecule has 9 nitrogen and oxygen atoms in total. The Morgan fingerprint density at radius 1 is 1.08 bits per heavy atom. The van der Waals surface area contributed by atoms with E-state index >= 15 is 0 Å². The molecule has 194 valence electrons.